The van der Waals surface area contributed by atoms with Gasteiger partial charge in [-0.3, -0.25) is 4.79 Å². The maximum Gasteiger partial charge on any atom is 0.311 e. The summed E-state index contributed by atoms with van der Waals surface area (Å²) in [6.45, 7) is 10.1. The molecule has 0 spiro atoms. The van der Waals surface area contributed by atoms with E-state index >= 15 is 0 Å². The summed E-state index contributed by atoms with van der Waals surface area (Å²) in [5.41, 5.74) is -0.394. The fourth-order valence-corrected chi connectivity index (χ4v) is 1.82. The Hall–Kier alpha value is -0.610. The largest absolute Gasteiger partial charge is 0.464 e. The zero-order valence-electron chi connectivity index (χ0n) is 11.3. The highest BCUT2D eigenvalue weighted by atomic mass is 16.5. The number of rotatable bonds is 5. The molecule has 0 aromatic rings. The molecular formula is C13H26N2O2. The van der Waals surface area contributed by atoms with E-state index in [2.05, 4.69) is 10.6 Å². The van der Waals surface area contributed by atoms with Gasteiger partial charge in [0.05, 0.1) is 5.41 Å². The molecule has 100 valence electrons. The minimum absolute atomic E-state index is 0.124. The normalized spacial score (nSPS) is 18.1. The molecule has 0 aliphatic carbocycles. The molecule has 1 aliphatic rings. The second-order valence-electron chi connectivity index (χ2n) is 5.78. The average Bonchev–Trinajstić information content (AvgIpc) is 2.28. The minimum atomic E-state index is -0.394. The van der Waals surface area contributed by atoms with Crippen molar-refractivity contribution in [1.29, 1.82) is 0 Å². The Kier molecular flexibility index (Phi) is 5.92. The fourth-order valence-electron chi connectivity index (χ4n) is 1.82. The molecule has 0 unspecified atom stereocenters. The molecule has 0 saturated carbocycles. The van der Waals surface area contributed by atoms with E-state index in [0.29, 0.717) is 6.61 Å². The first-order chi connectivity index (χ1) is 8.00. The zero-order chi connectivity index (χ0) is 12.7. The van der Waals surface area contributed by atoms with Crippen LogP contribution < -0.4 is 10.6 Å². The summed E-state index contributed by atoms with van der Waals surface area (Å²) < 4.78 is 5.18. The molecule has 17 heavy (non-hydrogen) atoms. The third-order valence-electron chi connectivity index (χ3n) is 3.02. The Labute approximate surface area is 104 Å². The van der Waals surface area contributed by atoms with Crippen LogP contribution in [-0.4, -0.2) is 38.8 Å². The van der Waals surface area contributed by atoms with Gasteiger partial charge in [0.2, 0.25) is 0 Å². The molecule has 1 heterocycles. The highest BCUT2D eigenvalue weighted by Crippen LogP contribution is 2.14. The molecule has 0 aromatic heterocycles. The first kappa shape index (κ1) is 14.5. The molecule has 0 atom stereocenters. The van der Waals surface area contributed by atoms with Crippen LogP contribution in [0.5, 0.6) is 0 Å². The maximum absolute atomic E-state index is 11.5. The summed E-state index contributed by atoms with van der Waals surface area (Å²) in [6.07, 6.45) is 2.49. The number of esters is 1. The van der Waals surface area contributed by atoms with E-state index in [1.807, 2.05) is 20.8 Å². The van der Waals surface area contributed by atoms with Crippen molar-refractivity contribution in [2.45, 2.75) is 33.6 Å². The van der Waals surface area contributed by atoms with Crippen molar-refractivity contribution in [2.24, 2.45) is 11.3 Å². The lowest BCUT2D eigenvalue weighted by atomic mass is 9.97. The van der Waals surface area contributed by atoms with Crippen molar-refractivity contribution in [3.8, 4) is 0 Å². The molecule has 0 bridgehead atoms. The number of carbonyl (C=O) groups is 1. The van der Waals surface area contributed by atoms with Crippen molar-refractivity contribution in [3.05, 3.63) is 0 Å². The Morgan fingerprint density at radius 3 is 2.59 bits per heavy atom. The van der Waals surface area contributed by atoms with Crippen LogP contribution in [0.1, 0.15) is 33.6 Å². The number of piperidine rings is 1. The summed E-state index contributed by atoms with van der Waals surface area (Å²) in [5, 5.41) is 6.71. The van der Waals surface area contributed by atoms with E-state index in [4.69, 9.17) is 4.74 Å². The third-order valence-corrected chi connectivity index (χ3v) is 3.02. The average molecular weight is 242 g/mol. The van der Waals surface area contributed by atoms with Crippen LogP contribution in [0.15, 0.2) is 0 Å². The Balaban J connectivity index is 1.99. The van der Waals surface area contributed by atoms with Crippen LogP contribution in [0.2, 0.25) is 0 Å². The second kappa shape index (κ2) is 6.97. The van der Waals surface area contributed by atoms with Crippen molar-refractivity contribution in [1.82, 2.24) is 10.6 Å². The van der Waals surface area contributed by atoms with E-state index in [9.17, 15) is 4.79 Å². The highest BCUT2D eigenvalue weighted by Gasteiger charge is 2.22. The van der Waals surface area contributed by atoms with Gasteiger partial charge in [0, 0.05) is 6.54 Å². The minimum Gasteiger partial charge on any atom is -0.464 e. The van der Waals surface area contributed by atoms with Crippen LogP contribution in [-0.2, 0) is 9.53 Å². The first-order valence-corrected chi connectivity index (χ1v) is 6.59. The second-order valence-corrected chi connectivity index (χ2v) is 5.78. The molecule has 1 saturated heterocycles. The number of carbonyl (C=O) groups excluding carboxylic acids is 1. The van der Waals surface area contributed by atoms with Crippen LogP contribution in [0.25, 0.3) is 0 Å². The molecule has 4 heteroatoms. The lowest BCUT2D eigenvalue weighted by molar-refractivity contribution is -0.152. The molecule has 1 rings (SSSR count). The molecule has 1 aliphatic heterocycles. The molecule has 4 nitrogen and oxygen atoms in total. The number of nitrogens with one attached hydrogen (secondary N) is 2. The van der Waals surface area contributed by atoms with Gasteiger partial charge in [-0.2, -0.15) is 0 Å². The predicted molar refractivity (Wildman–Crippen MR) is 68.9 cm³/mol. The lowest BCUT2D eigenvalue weighted by Gasteiger charge is -2.23. The SMILES string of the molecule is CC(C)(C)C(=O)OCCNCC1CCNCC1. The summed E-state index contributed by atoms with van der Waals surface area (Å²) >= 11 is 0. The van der Waals surface area contributed by atoms with E-state index in [1.54, 1.807) is 0 Å². The van der Waals surface area contributed by atoms with E-state index in [-0.39, 0.29) is 5.97 Å². The van der Waals surface area contributed by atoms with Crippen molar-refractivity contribution in [2.75, 3.05) is 32.8 Å². The van der Waals surface area contributed by atoms with Gasteiger partial charge in [0.1, 0.15) is 6.61 Å². The summed E-state index contributed by atoms with van der Waals surface area (Å²) in [5.74, 6) is 0.649. The van der Waals surface area contributed by atoms with Crippen LogP contribution in [0.4, 0.5) is 0 Å². The van der Waals surface area contributed by atoms with E-state index in [1.165, 1.54) is 12.8 Å². The van der Waals surface area contributed by atoms with E-state index in [0.717, 1.165) is 32.1 Å². The lowest BCUT2D eigenvalue weighted by Crippen LogP contribution is -2.35. The van der Waals surface area contributed by atoms with Crippen molar-refractivity contribution >= 4 is 5.97 Å². The molecule has 0 radical (unpaired) electrons. The maximum atomic E-state index is 11.5. The van der Waals surface area contributed by atoms with Crippen molar-refractivity contribution in [3.63, 3.8) is 0 Å². The highest BCUT2D eigenvalue weighted by molar-refractivity contribution is 5.75. The fraction of sp³-hybridized carbons (Fsp3) is 0.923. The number of hydrogen-bond donors (Lipinski definition) is 2. The standard InChI is InChI=1S/C13H26N2O2/c1-13(2,3)12(16)17-9-8-15-10-11-4-6-14-7-5-11/h11,14-15H,4-10H2,1-3H3. The first-order valence-electron chi connectivity index (χ1n) is 6.59. The van der Waals surface area contributed by atoms with Crippen molar-refractivity contribution < 1.29 is 9.53 Å². The Morgan fingerprint density at radius 2 is 2.00 bits per heavy atom. The topological polar surface area (TPSA) is 50.4 Å². The van der Waals surface area contributed by atoms with Crippen LogP contribution >= 0.6 is 0 Å². The third kappa shape index (κ3) is 6.03. The van der Waals surface area contributed by atoms with E-state index < -0.39 is 5.41 Å². The number of ether oxygens (including phenoxy) is 1. The molecule has 0 amide bonds. The summed E-state index contributed by atoms with van der Waals surface area (Å²) in [7, 11) is 0. The van der Waals surface area contributed by atoms with Gasteiger partial charge in [-0.1, -0.05) is 0 Å². The monoisotopic (exact) mass is 242 g/mol. The van der Waals surface area contributed by atoms with Crippen LogP contribution in [0.3, 0.4) is 0 Å². The van der Waals surface area contributed by atoms with Gasteiger partial charge < -0.3 is 15.4 Å². The Morgan fingerprint density at radius 1 is 1.35 bits per heavy atom. The van der Waals surface area contributed by atoms with Gasteiger partial charge in [-0.15, -0.1) is 0 Å². The summed E-state index contributed by atoms with van der Waals surface area (Å²) in [4.78, 5) is 11.5. The predicted octanol–water partition coefficient (Wildman–Crippen LogP) is 1.16. The molecular weight excluding hydrogens is 216 g/mol. The molecule has 2 N–H and O–H groups in total. The van der Waals surface area contributed by atoms with Crippen LogP contribution in [0, 0.1) is 11.3 Å². The van der Waals surface area contributed by atoms with Gasteiger partial charge in [-0.05, 0) is 59.2 Å². The molecule has 0 aromatic carbocycles. The van der Waals surface area contributed by atoms with Gasteiger partial charge in [0.25, 0.3) is 0 Å². The van der Waals surface area contributed by atoms with Gasteiger partial charge in [0.15, 0.2) is 0 Å². The number of hydrogen-bond acceptors (Lipinski definition) is 4. The quantitative estimate of drug-likeness (QED) is 0.561. The zero-order valence-corrected chi connectivity index (χ0v) is 11.3. The van der Waals surface area contributed by atoms with Gasteiger partial charge in [-0.25, -0.2) is 0 Å². The smallest absolute Gasteiger partial charge is 0.311 e. The molecule has 1 fully saturated rings. The Bertz CT molecular complexity index is 230. The van der Waals surface area contributed by atoms with Gasteiger partial charge >= 0.3 is 5.97 Å². The summed E-state index contributed by atoms with van der Waals surface area (Å²) in [6, 6.07) is 0.